The first-order chi connectivity index (χ1) is 11.4. The van der Waals surface area contributed by atoms with Crippen molar-refractivity contribution in [1.82, 2.24) is 0 Å². The van der Waals surface area contributed by atoms with Gasteiger partial charge in [-0.05, 0) is 30.3 Å². The second-order valence-electron chi connectivity index (χ2n) is 4.80. The predicted octanol–water partition coefficient (Wildman–Crippen LogP) is 1.29. The molecule has 0 fully saturated rings. The van der Waals surface area contributed by atoms with Crippen molar-refractivity contribution in [3.8, 4) is 5.75 Å². The number of nitrogens with one attached hydrogen (secondary N) is 2. The highest BCUT2D eigenvalue weighted by molar-refractivity contribution is 5.96. The normalized spacial score (nSPS) is 9.83. The number of amides is 4. The summed E-state index contributed by atoms with van der Waals surface area (Å²) in [6.45, 7) is -0.249. The molecule has 0 aliphatic heterocycles. The van der Waals surface area contributed by atoms with Crippen LogP contribution < -0.4 is 26.8 Å². The lowest BCUT2D eigenvalue weighted by molar-refractivity contribution is -0.118. The first-order valence-corrected chi connectivity index (χ1v) is 6.93. The largest absolute Gasteiger partial charge is 0.484 e. The van der Waals surface area contributed by atoms with Crippen LogP contribution in [0.3, 0.4) is 0 Å². The predicted molar refractivity (Wildman–Crippen MR) is 88.7 cm³/mol. The highest BCUT2D eigenvalue weighted by Crippen LogP contribution is 2.17. The van der Waals surface area contributed by atoms with Gasteiger partial charge in [0, 0.05) is 23.0 Å². The van der Waals surface area contributed by atoms with Crippen molar-refractivity contribution in [1.29, 1.82) is 0 Å². The molecule has 2 aromatic carbocycles. The minimum Gasteiger partial charge on any atom is -0.484 e. The Morgan fingerprint density at radius 2 is 1.58 bits per heavy atom. The van der Waals surface area contributed by atoms with E-state index in [0.29, 0.717) is 22.7 Å². The number of ether oxygens (including phenoxy) is 1. The molecule has 124 valence electrons. The fraction of sp³-hybridized carbons (Fsp3) is 0.0625. The lowest BCUT2D eigenvalue weighted by Gasteiger charge is -2.09. The van der Waals surface area contributed by atoms with Gasteiger partial charge in [-0.25, -0.2) is 4.79 Å². The first-order valence-electron chi connectivity index (χ1n) is 6.93. The summed E-state index contributed by atoms with van der Waals surface area (Å²) in [6.07, 6.45) is 0. The lowest BCUT2D eigenvalue weighted by atomic mass is 10.2. The summed E-state index contributed by atoms with van der Waals surface area (Å²) >= 11 is 0. The van der Waals surface area contributed by atoms with Crippen LogP contribution in [0, 0.1) is 0 Å². The molecule has 6 N–H and O–H groups in total. The smallest absolute Gasteiger partial charge is 0.316 e. The van der Waals surface area contributed by atoms with Gasteiger partial charge in [0.1, 0.15) is 5.75 Å². The number of primary amides is 2. The molecule has 0 unspecified atom stereocenters. The third-order valence-electron chi connectivity index (χ3n) is 2.90. The number of carbonyl (C=O) groups is 3. The van der Waals surface area contributed by atoms with Gasteiger partial charge < -0.3 is 26.8 Å². The maximum Gasteiger partial charge on any atom is 0.316 e. The standard InChI is InChI=1S/C16H16N4O4/c17-15(22)10-3-1-4-11(7-10)19-14(21)9-24-13-6-2-5-12(8-13)20-16(18)23/h1-8H,9H2,(H2,17,22)(H,19,21)(H3,18,20,23). The van der Waals surface area contributed by atoms with Gasteiger partial charge in [-0.3, -0.25) is 9.59 Å². The SMILES string of the molecule is NC(=O)Nc1cccc(OCC(=O)Nc2cccc(C(N)=O)c2)c1. The molecule has 0 heterocycles. The lowest BCUT2D eigenvalue weighted by Crippen LogP contribution is -2.21. The van der Waals surface area contributed by atoms with Gasteiger partial charge in [-0.2, -0.15) is 0 Å². The van der Waals surface area contributed by atoms with Crippen LogP contribution in [0.5, 0.6) is 5.75 Å². The number of hydrogen-bond donors (Lipinski definition) is 4. The Balaban J connectivity index is 1.92. The van der Waals surface area contributed by atoms with Crippen LogP contribution in [0.1, 0.15) is 10.4 Å². The molecule has 8 nitrogen and oxygen atoms in total. The topological polar surface area (TPSA) is 137 Å². The molecule has 0 atom stereocenters. The zero-order chi connectivity index (χ0) is 17.5. The van der Waals surface area contributed by atoms with Gasteiger partial charge in [0.25, 0.3) is 5.91 Å². The van der Waals surface area contributed by atoms with E-state index >= 15 is 0 Å². The van der Waals surface area contributed by atoms with Crippen molar-refractivity contribution < 1.29 is 19.1 Å². The van der Waals surface area contributed by atoms with Crippen molar-refractivity contribution in [3.05, 3.63) is 54.1 Å². The number of anilines is 2. The highest BCUT2D eigenvalue weighted by Gasteiger charge is 2.07. The maximum absolute atomic E-state index is 11.9. The van der Waals surface area contributed by atoms with Crippen molar-refractivity contribution >= 4 is 29.2 Å². The quantitative estimate of drug-likeness (QED) is 0.635. The number of nitrogens with two attached hydrogens (primary N) is 2. The molecule has 4 amide bonds. The fourth-order valence-electron chi connectivity index (χ4n) is 1.90. The van der Waals surface area contributed by atoms with Crippen LogP contribution in [0.15, 0.2) is 48.5 Å². The van der Waals surface area contributed by atoms with Gasteiger partial charge in [0.05, 0.1) is 0 Å². The van der Waals surface area contributed by atoms with Gasteiger partial charge in [0.15, 0.2) is 6.61 Å². The van der Waals surface area contributed by atoms with Crippen molar-refractivity contribution in [2.75, 3.05) is 17.2 Å². The number of hydrogen-bond acceptors (Lipinski definition) is 4. The van der Waals surface area contributed by atoms with Crippen molar-refractivity contribution in [3.63, 3.8) is 0 Å². The molecule has 2 rings (SSSR count). The van der Waals surface area contributed by atoms with Gasteiger partial charge >= 0.3 is 6.03 Å². The number of benzene rings is 2. The van der Waals surface area contributed by atoms with E-state index in [2.05, 4.69) is 10.6 Å². The average molecular weight is 328 g/mol. The summed E-state index contributed by atoms with van der Waals surface area (Å²) in [4.78, 5) is 33.8. The third-order valence-corrected chi connectivity index (χ3v) is 2.90. The summed E-state index contributed by atoms with van der Waals surface area (Å²) in [7, 11) is 0. The van der Waals surface area contributed by atoms with Crippen LogP contribution >= 0.6 is 0 Å². The molecule has 0 aliphatic carbocycles. The van der Waals surface area contributed by atoms with Gasteiger partial charge in [0.2, 0.25) is 5.91 Å². The molecular formula is C16H16N4O4. The molecule has 2 aromatic rings. The summed E-state index contributed by atoms with van der Waals surface area (Å²) in [5.41, 5.74) is 11.4. The monoisotopic (exact) mass is 328 g/mol. The molecule has 8 heteroatoms. The van der Waals surface area contributed by atoms with E-state index in [-0.39, 0.29) is 6.61 Å². The molecule has 0 spiro atoms. The minimum absolute atomic E-state index is 0.249. The molecule has 0 saturated carbocycles. The first kappa shape index (κ1) is 16.8. The molecular weight excluding hydrogens is 312 g/mol. The Hall–Kier alpha value is -3.55. The molecule has 0 saturated heterocycles. The van der Waals surface area contributed by atoms with E-state index in [4.69, 9.17) is 16.2 Å². The van der Waals surface area contributed by atoms with Crippen molar-refractivity contribution in [2.24, 2.45) is 11.5 Å². The van der Waals surface area contributed by atoms with E-state index in [1.807, 2.05) is 0 Å². The summed E-state index contributed by atoms with van der Waals surface area (Å²) in [6, 6.07) is 12.0. The van der Waals surface area contributed by atoms with E-state index < -0.39 is 17.8 Å². The molecule has 0 radical (unpaired) electrons. The van der Waals surface area contributed by atoms with Crippen LogP contribution in [-0.4, -0.2) is 24.5 Å². The second-order valence-corrected chi connectivity index (χ2v) is 4.80. The molecule has 0 bridgehead atoms. The Bertz CT molecular complexity index is 776. The Morgan fingerprint density at radius 1 is 0.917 bits per heavy atom. The van der Waals surface area contributed by atoms with Crippen LogP contribution in [-0.2, 0) is 4.79 Å². The summed E-state index contributed by atoms with van der Waals surface area (Å²) in [5.74, 6) is -0.603. The number of carbonyl (C=O) groups excluding carboxylic acids is 3. The Morgan fingerprint density at radius 3 is 2.25 bits per heavy atom. The Labute approximate surface area is 137 Å². The van der Waals surface area contributed by atoms with E-state index in [0.717, 1.165) is 0 Å². The van der Waals surface area contributed by atoms with Crippen LogP contribution in [0.25, 0.3) is 0 Å². The second kappa shape index (κ2) is 7.63. The number of rotatable bonds is 6. The molecule has 24 heavy (non-hydrogen) atoms. The summed E-state index contributed by atoms with van der Waals surface area (Å²) in [5, 5.41) is 5.00. The summed E-state index contributed by atoms with van der Waals surface area (Å²) < 4.78 is 5.34. The van der Waals surface area contributed by atoms with E-state index in [1.165, 1.54) is 12.1 Å². The average Bonchev–Trinajstić information content (AvgIpc) is 2.53. The highest BCUT2D eigenvalue weighted by atomic mass is 16.5. The molecule has 0 aromatic heterocycles. The van der Waals surface area contributed by atoms with Crippen LogP contribution in [0.4, 0.5) is 16.2 Å². The zero-order valence-corrected chi connectivity index (χ0v) is 12.6. The van der Waals surface area contributed by atoms with Gasteiger partial charge in [-0.1, -0.05) is 12.1 Å². The van der Waals surface area contributed by atoms with Crippen LogP contribution in [0.2, 0.25) is 0 Å². The zero-order valence-electron chi connectivity index (χ0n) is 12.6. The van der Waals surface area contributed by atoms with Gasteiger partial charge in [-0.15, -0.1) is 0 Å². The Kier molecular flexibility index (Phi) is 5.35. The van der Waals surface area contributed by atoms with E-state index in [1.54, 1.807) is 36.4 Å². The van der Waals surface area contributed by atoms with Crippen molar-refractivity contribution in [2.45, 2.75) is 0 Å². The fourth-order valence-corrected chi connectivity index (χ4v) is 1.90. The van der Waals surface area contributed by atoms with E-state index in [9.17, 15) is 14.4 Å². The third kappa shape index (κ3) is 5.02. The molecule has 0 aliphatic rings. The minimum atomic E-state index is -0.695. The number of urea groups is 1. The maximum atomic E-state index is 11.9.